The zero-order valence-electron chi connectivity index (χ0n) is 27.3. The van der Waals surface area contributed by atoms with E-state index in [1.807, 2.05) is 45.0 Å². The fraction of sp³-hybridized carbons (Fsp3) is 0.243. The standard InChI is InChI=1S/C37H36BrClN4O5/c1-6-46-32-16-23(5)29(18-28(32)22(3)4)36-42-31-11-9-8-10-27(31)37(45)43(36)40-20-24-17-33(47-7-2)34(19-30(24)38)48-21-35(44)41-26-14-12-25(39)13-15-26/h8-20,22H,6-7,21H2,1-5H3,(H,41,44). The van der Waals surface area contributed by atoms with Crippen molar-refractivity contribution in [2.75, 3.05) is 25.1 Å². The van der Waals surface area contributed by atoms with E-state index in [0.717, 1.165) is 22.4 Å². The van der Waals surface area contributed by atoms with Crippen molar-refractivity contribution in [1.82, 2.24) is 9.66 Å². The average molecular weight is 732 g/mol. The zero-order chi connectivity index (χ0) is 34.4. The lowest BCUT2D eigenvalue weighted by atomic mass is 9.96. The minimum absolute atomic E-state index is 0.173. The summed E-state index contributed by atoms with van der Waals surface area (Å²) < 4.78 is 19.6. The number of aryl methyl sites for hydroxylation is 1. The largest absolute Gasteiger partial charge is 0.494 e. The SMILES string of the molecule is CCOc1cc(C=Nn2c(-c3cc(C(C)C)c(OCC)cc3C)nc3ccccc3c2=O)c(Br)cc1OCC(=O)Nc1ccc(Cl)cc1. The van der Waals surface area contributed by atoms with E-state index in [-0.39, 0.29) is 24.0 Å². The average Bonchev–Trinajstić information content (AvgIpc) is 3.06. The second-order valence-electron chi connectivity index (χ2n) is 11.2. The van der Waals surface area contributed by atoms with Gasteiger partial charge in [0.2, 0.25) is 0 Å². The molecule has 0 aliphatic heterocycles. The number of amides is 1. The van der Waals surface area contributed by atoms with E-state index in [2.05, 4.69) is 40.2 Å². The Balaban J connectivity index is 1.52. The Labute approximate surface area is 292 Å². The van der Waals surface area contributed by atoms with Crippen LogP contribution in [0.2, 0.25) is 5.02 Å². The van der Waals surface area contributed by atoms with Gasteiger partial charge in [-0.15, -0.1) is 0 Å². The summed E-state index contributed by atoms with van der Waals surface area (Å²) >= 11 is 9.53. The van der Waals surface area contributed by atoms with Crippen LogP contribution in [-0.4, -0.2) is 41.6 Å². The van der Waals surface area contributed by atoms with Crippen molar-refractivity contribution in [2.24, 2.45) is 5.10 Å². The van der Waals surface area contributed by atoms with Crippen molar-refractivity contribution in [3.05, 3.63) is 109 Å². The first-order chi connectivity index (χ1) is 23.1. The van der Waals surface area contributed by atoms with E-state index in [1.165, 1.54) is 4.68 Å². The number of rotatable bonds is 12. The molecule has 5 aromatic rings. The van der Waals surface area contributed by atoms with Crippen molar-refractivity contribution in [1.29, 1.82) is 0 Å². The van der Waals surface area contributed by atoms with E-state index in [1.54, 1.807) is 54.7 Å². The number of aromatic nitrogens is 2. The summed E-state index contributed by atoms with van der Waals surface area (Å²) in [7, 11) is 0. The summed E-state index contributed by atoms with van der Waals surface area (Å²) in [5.41, 5.74) is 4.17. The molecule has 0 unspecified atom stereocenters. The third-order valence-corrected chi connectivity index (χ3v) is 8.37. The van der Waals surface area contributed by atoms with Gasteiger partial charge in [0.25, 0.3) is 11.5 Å². The van der Waals surface area contributed by atoms with E-state index < -0.39 is 0 Å². The smallest absolute Gasteiger partial charge is 0.282 e. The normalized spacial score (nSPS) is 11.3. The third-order valence-electron chi connectivity index (χ3n) is 7.44. The van der Waals surface area contributed by atoms with Crippen LogP contribution in [0, 0.1) is 6.92 Å². The molecular formula is C37H36BrClN4O5. The molecule has 4 aromatic carbocycles. The van der Waals surface area contributed by atoms with Crippen LogP contribution in [0.4, 0.5) is 5.69 Å². The van der Waals surface area contributed by atoms with Gasteiger partial charge in [-0.25, -0.2) is 4.98 Å². The number of ether oxygens (including phenoxy) is 3. The molecular weight excluding hydrogens is 696 g/mol. The monoisotopic (exact) mass is 730 g/mol. The highest BCUT2D eigenvalue weighted by Gasteiger charge is 2.19. The summed E-state index contributed by atoms with van der Waals surface area (Å²) in [5, 5.41) is 8.47. The van der Waals surface area contributed by atoms with Crippen LogP contribution >= 0.6 is 27.5 Å². The van der Waals surface area contributed by atoms with Crippen LogP contribution in [0.15, 0.2) is 87.2 Å². The topological polar surface area (TPSA) is 104 Å². The first-order valence-electron chi connectivity index (χ1n) is 15.6. The van der Waals surface area contributed by atoms with Crippen LogP contribution in [0.25, 0.3) is 22.3 Å². The quantitative estimate of drug-likeness (QED) is 0.129. The highest BCUT2D eigenvalue weighted by atomic mass is 79.9. The highest BCUT2D eigenvalue weighted by Crippen LogP contribution is 2.35. The molecule has 9 nitrogen and oxygen atoms in total. The molecule has 0 aliphatic rings. The second-order valence-corrected chi connectivity index (χ2v) is 12.5. The molecule has 1 aromatic heterocycles. The summed E-state index contributed by atoms with van der Waals surface area (Å²) in [6.45, 7) is 10.6. The number of benzene rings is 4. The van der Waals surface area contributed by atoms with Gasteiger partial charge in [-0.1, -0.05) is 37.6 Å². The molecule has 5 rings (SSSR count). The molecule has 0 fully saturated rings. The maximum Gasteiger partial charge on any atom is 0.282 e. The van der Waals surface area contributed by atoms with Crippen LogP contribution in [0.1, 0.15) is 50.3 Å². The van der Waals surface area contributed by atoms with Gasteiger partial charge in [-0.05, 0) is 114 Å². The molecule has 1 amide bonds. The van der Waals surface area contributed by atoms with E-state index in [0.29, 0.717) is 62.2 Å². The third kappa shape index (κ3) is 7.89. The Kier molecular flexibility index (Phi) is 11.2. The molecule has 0 atom stereocenters. The number of nitrogens with zero attached hydrogens (tertiary/aromatic N) is 3. The molecule has 0 saturated heterocycles. The van der Waals surface area contributed by atoms with Crippen molar-refractivity contribution in [2.45, 2.75) is 40.5 Å². The number of carbonyl (C=O) groups is 1. The first-order valence-corrected chi connectivity index (χ1v) is 16.7. The summed E-state index contributed by atoms with van der Waals surface area (Å²) in [6, 6.07) is 21.5. The summed E-state index contributed by atoms with van der Waals surface area (Å²) in [6.07, 6.45) is 1.57. The Hall–Kier alpha value is -4.67. The van der Waals surface area contributed by atoms with Crippen LogP contribution < -0.4 is 25.1 Å². The molecule has 1 heterocycles. The van der Waals surface area contributed by atoms with Gasteiger partial charge in [0.15, 0.2) is 23.9 Å². The molecule has 0 bridgehead atoms. The Morgan fingerprint density at radius 1 is 0.979 bits per heavy atom. The minimum Gasteiger partial charge on any atom is -0.494 e. The number of anilines is 1. The number of fused-ring (bicyclic) bond motifs is 1. The second kappa shape index (κ2) is 15.5. The Morgan fingerprint density at radius 2 is 1.67 bits per heavy atom. The van der Waals surface area contributed by atoms with E-state index in [4.69, 9.17) is 30.8 Å². The van der Waals surface area contributed by atoms with Gasteiger partial charge in [-0.3, -0.25) is 9.59 Å². The van der Waals surface area contributed by atoms with Gasteiger partial charge in [0.1, 0.15) is 5.75 Å². The Bertz CT molecular complexity index is 2040. The molecule has 0 radical (unpaired) electrons. The van der Waals surface area contributed by atoms with Crippen molar-refractivity contribution in [3.63, 3.8) is 0 Å². The first kappa shape index (κ1) is 34.7. The molecule has 1 N–H and O–H groups in total. The summed E-state index contributed by atoms with van der Waals surface area (Å²) in [4.78, 5) is 31.4. The lowest BCUT2D eigenvalue weighted by Gasteiger charge is -2.18. The maximum atomic E-state index is 13.9. The number of halogens is 2. The maximum absolute atomic E-state index is 13.9. The number of para-hydroxylation sites is 1. The van der Waals surface area contributed by atoms with Crippen LogP contribution in [0.3, 0.4) is 0 Å². The summed E-state index contributed by atoms with van der Waals surface area (Å²) in [5.74, 6) is 1.82. The van der Waals surface area contributed by atoms with E-state index >= 15 is 0 Å². The number of nitrogens with one attached hydrogen (secondary N) is 1. The van der Waals surface area contributed by atoms with Gasteiger partial charge in [0.05, 0.1) is 30.3 Å². The predicted molar refractivity (Wildman–Crippen MR) is 195 cm³/mol. The van der Waals surface area contributed by atoms with Crippen molar-refractivity contribution < 1.29 is 19.0 Å². The molecule has 11 heteroatoms. The van der Waals surface area contributed by atoms with Gasteiger partial charge in [0, 0.05) is 26.3 Å². The molecule has 0 aliphatic carbocycles. The predicted octanol–water partition coefficient (Wildman–Crippen LogP) is 8.61. The molecule has 248 valence electrons. The highest BCUT2D eigenvalue weighted by molar-refractivity contribution is 9.10. The Morgan fingerprint density at radius 3 is 2.38 bits per heavy atom. The molecule has 48 heavy (non-hydrogen) atoms. The van der Waals surface area contributed by atoms with Gasteiger partial charge < -0.3 is 19.5 Å². The van der Waals surface area contributed by atoms with Crippen LogP contribution in [0.5, 0.6) is 17.2 Å². The number of hydrogen-bond donors (Lipinski definition) is 1. The molecule has 0 saturated carbocycles. The number of carbonyl (C=O) groups excluding carboxylic acids is 1. The number of hydrogen-bond acceptors (Lipinski definition) is 7. The van der Waals surface area contributed by atoms with Gasteiger partial charge in [-0.2, -0.15) is 9.78 Å². The van der Waals surface area contributed by atoms with Gasteiger partial charge >= 0.3 is 0 Å². The lowest BCUT2D eigenvalue weighted by Crippen LogP contribution is -2.21. The fourth-order valence-corrected chi connectivity index (χ4v) is 5.65. The van der Waals surface area contributed by atoms with Crippen molar-refractivity contribution >= 4 is 56.2 Å². The van der Waals surface area contributed by atoms with E-state index in [9.17, 15) is 9.59 Å². The minimum atomic E-state index is -0.345. The lowest BCUT2D eigenvalue weighted by molar-refractivity contribution is -0.118. The molecule has 0 spiro atoms. The zero-order valence-corrected chi connectivity index (χ0v) is 29.7. The van der Waals surface area contributed by atoms with Crippen molar-refractivity contribution in [3.8, 4) is 28.6 Å². The van der Waals surface area contributed by atoms with Crippen LogP contribution in [-0.2, 0) is 4.79 Å². The fourth-order valence-electron chi connectivity index (χ4n) is 5.10.